The third-order valence-electron chi connectivity index (χ3n) is 16.6. The van der Waals surface area contributed by atoms with E-state index in [9.17, 15) is 0 Å². The summed E-state index contributed by atoms with van der Waals surface area (Å²) >= 11 is 39.7. The molecule has 4 N–H and O–H groups in total. The molecule has 6 aromatic carbocycles. The van der Waals surface area contributed by atoms with Gasteiger partial charge in [-0.15, -0.1) is 0 Å². The maximum Gasteiger partial charge on any atom is 0.0738 e. The fraction of sp³-hybridized carbons (Fsp3) is 0. The summed E-state index contributed by atoms with van der Waals surface area (Å²) in [5, 5.41) is 3.72. The van der Waals surface area contributed by atoms with Gasteiger partial charge < -0.3 is 19.9 Å². The van der Waals surface area contributed by atoms with Crippen LogP contribution in [0, 0.1) is 0 Å². The topological polar surface area (TPSA) is 115 Å². The molecular weight excluding hydrogens is 1240 g/mol. The van der Waals surface area contributed by atoms with Gasteiger partial charge in [0.05, 0.1) is 45.6 Å². The predicted molar refractivity (Wildman–Crippen MR) is 379 cm³/mol. The van der Waals surface area contributed by atoms with Gasteiger partial charge in [-0.25, -0.2) is 19.9 Å². The summed E-state index contributed by atoms with van der Waals surface area (Å²) in [4.78, 5) is 38.1. The molecular formula is C76H44Cl6N8. The highest BCUT2D eigenvalue weighted by molar-refractivity contribution is 6.32. The molecule has 14 heteroatoms. The van der Waals surface area contributed by atoms with E-state index in [1.165, 1.54) is 0 Å². The van der Waals surface area contributed by atoms with E-state index in [-0.39, 0.29) is 0 Å². The number of benzene rings is 6. The summed E-state index contributed by atoms with van der Waals surface area (Å²) in [6.07, 6.45) is 16.6. The van der Waals surface area contributed by atoms with Gasteiger partial charge >= 0.3 is 0 Å². The number of H-pyrrole nitrogens is 4. The van der Waals surface area contributed by atoms with Gasteiger partial charge in [0.1, 0.15) is 0 Å². The number of rotatable bonds is 7. The largest absolute Gasteiger partial charge is 0.354 e. The molecule has 0 unspecified atom stereocenters. The molecule has 0 saturated heterocycles. The minimum Gasteiger partial charge on any atom is -0.354 e. The zero-order chi connectivity index (χ0) is 60.7. The number of halogens is 6. The molecule has 16 bridgehead atoms. The van der Waals surface area contributed by atoms with Crippen molar-refractivity contribution in [2.75, 3.05) is 0 Å². The van der Waals surface area contributed by atoms with Gasteiger partial charge in [-0.05, 0) is 203 Å². The third-order valence-corrected chi connectivity index (χ3v) is 18.1. The molecule has 0 amide bonds. The van der Waals surface area contributed by atoms with Crippen LogP contribution in [-0.4, -0.2) is 39.9 Å². The molecule has 430 valence electrons. The third kappa shape index (κ3) is 10.2. The first-order valence-corrected chi connectivity index (χ1v) is 31.2. The molecule has 4 aliphatic rings. The fourth-order valence-electron chi connectivity index (χ4n) is 12.5. The number of nitrogens with zero attached hydrogens (tertiary/aromatic N) is 4. The second kappa shape index (κ2) is 22.7. The molecule has 0 radical (unpaired) electrons. The summed E-state index contributed by atoms with van der Waals surface area (Å²) in [5.74, 6) is 0. The average Bonchev–Trinajstić information content (AvgIpc) is 2.82. The van der Waals surface area contributed by atoms with E-state index in [1.54, 1.807) is 0 Å². The molecule has 0 saturated carbocycles. The van der Waals surface area contributed by atoms with Crippen molar-refractivity contribution in [1.82, 2.24) is 39.9 Å². The lowest BCUT2D eigenvalue weighted by atomic mass is 10.0. The zero-order valence-electron chi connectivity index (χ0n) is 47.2. The summed E-state index contributed by atoms with van der Waals surface area (Å²) in [6.45, 7) is 0. The lowest BCUT2D eigenvalue weighted by molar-refractivity contribution is 1.29. The van der Waals surface area contributed by atoms with E-state index < -0.39 is 0 Å². The molecule has 6 aromatic heterocycles. The number of hydrogen-bond acceptors (Lipinski definition) is 4. The van der Waals surface area contributed by atoms with Crippen LogP contribution in [0.5, 0.6) is 0 Å². The SMILES string of the molecule is Clc1ccc(-c2c3nc(c(-c4ccc(Cl)cc4)c4ccc([nH]4)c(-c4c5nc(c(-c6ccc(Cl)cc6)c6ccc([nH]6)c(-c6ccc(Cl)cc6)c6nc(c(-c7ccc(Cl)cc7)c7ccc4[nH]7)C=C6)C=C5)c4nc(c(-c5ccc(Cl)cc5)c5ccc2[nH]5)C=C4)C=C3)cc1. The quantitative estimate of drug-likeness (QED) is 0.127. The van der Waals surface area contributed by atoms with Crippen LogP contribution in [0.4, 0.5) is 0 Å². The first-order valence-electron chi connectivity index (χ1n) is 28.9. The van der Waals surface area contributed by atoms with Crippen molar-refractivity contribution in [2.24, 2.45) is 0 Å². The number of nitrogens with one attached hydrogen (secondary N) is 4. The van der Waals surface area contributed by atoms with Crippen LogP contribution < -0.4 is 0 Å². The van der Waals surface area contributed by atoms with Gasteiger partial charge in [0.25, 0.3) is 0 Å². The van der Waals surface area contributed by atoms with Crippen LogP contribution in [0.25, 0.3) is 171 Å². The average molecular weight is 1280 g/mol. The molecule has 0 fully saturated rings. The highest BCUT2D eigenvalue weighted by Gasteiger charge is 2.25. The van der Waals surface area contributed by atoms with Gasteiger partial charge in [-0.1, -0.05) is 142 Å². The molecule has 0 aliphatic carbocycles. The Labute approximate surface area is 545 Å². The monoisotopic (exact) mass is 1280 g/mol. The summed E-state index contributed by atoms with van der Waals surface area (Å²) in [6, 6.07) is 64.0. The highest BCUT2D eigenvalue weighted by atomic mass is 35.5. The van der Waals surface area contributed by atoms with E-state index >= 15 is 0 Å². The van der Waals surface area contributed by atoms with Crippen molar-refractivity contribution < 1.29 is 0 Å². The van der Waals surface area contributed by atoms with E-state index in [4.69, 9.17) is 89.5 Å². The molecule has 10 heterocycles. The van der Waals surface area contributed by atoms with Crippen molar-refractivity contribution in [2.45, 2.75) is 0 Å². The van der Waals surface area contributed by atoms with E-state index in [1.807, 2.05) is 146 Å². The van der Waals surface area contributed by atoms with Gasteiger partial charge in [-0.2, -0.15) is 0 Å². The van der Waals surface area contributed by atoms with Crippen LogP contribution >= 0.6 is 69.6 Å². The van der Waals surface area contributed by atoms with E-state index in [2.05, 4.69) is 117 Å². The summed E-state index contributed by atoms with van der Waals surface area (Å²) in [7, 11) is 0. The van der Waals surface area contributed by atoms with E-state index in [0.29, 0.717) is 41.5 Å². The molecule has 0 atom stereocenters. The standard InChI is InChI=1S/C76H44Cl6N8/c77-47-13-1-41(2-14-47)69-53-25-29-57(83-53)71(43-5-17-49(79)18-6-43)61-33-37-65(87-61)75(66-38-34-62(88-66)72(58-30-26-54(69)84-58)44-7-19-50(80)20-8-44)76-67-39-35-63(89-67)73(45-9-21-51(81)22-10-45)59-31-27-55(85-59)70(42-3-15-48(78)16-4-42)56-28-32-60(86-56)74(64-36-40-68(76)90-64)46-11-23-52(82)24-12-46/h1-40,83,85,88,90H. The minimum absolute atomic E-state index is 0.615. The molecule has 8 nitrogen and oxygen atoms in total. The molecule has 12 aromatic rings. The first kappa shape index (κ1) is 55.6. The Morgan fingerprint density at radius 3 is 0.456 bits per heavy atom. The second-order valence-corrected chi connectivity index (χ2v) is 24.7. The smallest absolute Gasteiger partial charge is 0.0738 e. The van der Waals surface area contributed by atoms with E-state index in [0.717, 1.165) is 156 Å². The number of hydrogen-bond donors (Lipinski definition) is 4. The van der Waals surface area contributed by atoms with Crippen molar-refractivity contribution in [1.29, 1.82) is 0 Å². The maximum absolute atomic E-state index is 6.64. The van der Waals surface area contributed by atoms with Crippen molar-refractivity contribution in [3.8, 4) is 77.9 Å². The van der Waals surface area contributed by atoms with Crippen molar-refractivity contribution >= 4 is 162 Å². The Kier molecular flexibility index (Phi) is 14.0. The normalized spacial score (nSPS) is 12.4. The number of fused-ring (bicyclic) bond motifs is 16. The van der Waals surface area contributed by atoms with Gasteiger partial charge in [0.15, 0.2) is 0 Å². The highest BCUT2D eigenvalue weighted by Crippen LogP contribution is 2.44. The van der Waals surface area contributed by atoms with Crippen LogP contribution in [0.1, 0.15) is 45.6 Å². The van der Waals surface area contributed by atoms with Crippen LogP contribution in [0.15, 0.2) is 194 Å². The second-order valence-electron chi connectivity index (χ2n) is 22.0. The predicted octanol–water partition coefficient (Wildman–Crippen LogP) is 23.2. The van der Waals surface area contributed by atoms with Crippen molar-refractivity contribution in [3.63, 3.8) is 0 Å². The number of aromatic amines is 4. The Hall–Kier alpha value is -9.74. The van der Waals surface area contributed by atoms with Crippen molar-refractivity contribution in [3.05, 3.63) is 270 Å². The molecule has 4 aliphatic heterocycles. The Balaban J connectivity index is 1.08. The van der Waals surface area contributed by atoms with Gasteiger partial charge in [0, 0.05) is 119 Å². The first-order chi connectivity index (χ1) is 44.0. The summed E-state index contributed by atoms with van der Waals surface area (Å²) < 4.78 is 0. The Bertz CT molecular complexity index is 5010. The van der Waals surface area contributed by atoms with Crippen LogP contribution in [-0.2, 0) is 0 Å². The fourth-order valence-corrected chi connectivity index (χ4v) is 13.2. The molecule has 0 spiro atoms. The Morgan fingerprint density at radius 1 is 0.167 bits per heavy atom. The Morgan fingerprint density at radius 2 is 0.300 bits per heavy atom. The van der Waals surface area contributed by atoms with Gasteiger partial charge in [-0.3, -0.25) is 0 Å². The summed E-state index contributed by atoms with van der Waals surface area (Å²) in [5.41, 5.74) is 24.6. The van der Waals surface area contributed by atoms with Gasteiger partial charge in [0.2, 0.25) is 0 Å². The molecule has 16 rings (SSSR count). The van der Waals surface area contributed by atoms with Crippen LogP contribution in [0.3, 0.4) is 0 Å². The van der Waals surface area contributed by atoms with Crippen LogP contribution in [0.2, 0.25) is 30.1 Å². The minimum atomic E-state index is 0.615. The lowest BCUT2D eigenvalue weighted by Gasteiger charge is -2.09. The molecule has 90 heavy (non-hydrogen) atoms. The zero-order valence-corrected chi connectivity index (χ0v) is 51.7. The lowest BCUT2D eigenvalue weighted by Crippen LogP contribution is -1.92. The number of aromatic nitrogens is 8. The maximum atomic E-state index is 6.64.